The first-order valence-corrected chi connectivity index (χ1v) is 6.70. The van der Waals surface area contributed by atoms with E-state index >= 15 is 0 Å². The van der Waals surface area contributed by atoms with E-state index in [0.717, 1.165) is 12.1 Å². The summed E-state index contributed by atoms with van der Waals surface area (Å²) < 4.78 is 38.8. The number of aliphatic hydroxyl groups is 1. The summed E-state index contributed by atoms with van der Waals surface area (Å²) in [6.45, 7) is 8.79. The molecule has 0 spiro atoms. The van der Waals surface area contributed by atoms with Crippen LogP contribution < -0.4 is 10.6 Å². The van der Waals surface area contributed by atoms with Crippen LogP contribution in [0.3, 0.4) is 0 Å². The van der Waals surface area contributed by atoms with Crippen molar-refractivity contribution < 1.29 is 18.3 Å². The minimum atomic E-state index is -4.46. The first kappa shape index (κ1) is 17.6. The van der Waals surface area contributed by atoms with Gasteiger partial charge in [0.15, 0.2) is 0 Å². The fraction of sp³-hybridized carbons (Fsp3) is 0.643. The zero-order chi connectivity index (χ0) is 16.5. The number of hydrogen-bond donors (Lipinski definition) is 3. The molecule has 3 N–H and O–H groups in total. The van der Waals surface area contributed by atoms with Gasteiger partial charge in [-0.15, -0.1) is 0 Å². The molecule has 0 amide bonds. The second-order valence-corrected chi connectivity index (χ2v) is 5.96. The molecule has 0 saturated heterocycles. The van der Waals surface area contributed by atoms with Gasteiger partial charge in [-0.2, -0.15) is 13.2 Å². The third-order valence-corrected chi connectivity index (χ3v) is 3.48. The molecule has 0 radical (unpaired) electrons. The number of nitrogens with one attached hydrogen (secondary N) is 2. The number of nitrogens with zero attached hydrogens (tertiary/aromatic N) is 1. The maximum Gasteiger partial charge on any atom is 0.416 e. The monoisotopic (exact) mass is 305 g/mol. The SMILES string of the molecule is CCNc1cc(C(F)(F)F)cc(NC(C)(C)C(C)(C)O)n1. The maximum atomic E-state index is 12.9. The number of pyridine rings is 1. The van der Waals surface area contributed by atoms with Crippen molar-refractivity contribution in [2.75, 3.05) is 17.2 Å². The molecule has 0 saturated carbocycles. The lowest BCUT2D eigenvalue weighted by atomic mass is 9.86. The van der Waals surface area contributed by atoms with Crippen molar-refractivity contribution in [1.82, 2.24) is 4.98 Å². The molecule has 0 aromatic carbocycles. The van der Waals surface area contributed by atoms with Crippen molar-refractivity contribution in [2.24, 2.45) is 0 Å². The van der Waals surface area contributed by atoms with Crippen LogP contribution in [0.4, 0.5) is 24.8 Å². The van der Waals surface area contributed by atoms with Gasteiger partial charge in [0.1, 0.15) is 11.6 Å². The van der Waals surface area contributed by atoms with Gasteiger partial charge in [-0.25, -0.2) is 4.98 Å². The van der Waals surface area contributed by atoms with E-state index < -0.39 is 22.9 Å². The number of rotatable bonds is 5. The van der Waals surface area contributed by atoms with Gasteiger partial charge in [0.2, 0.25) is 0 Å². The van der Waals surface area contributed by atoms with Crippen LogP contribution in [0.25, 0.3) is 0 Å². The summed E-state index contributed by atoms with van der Waals surface area (Å²) in [4.78, 5) is 4.10. The van der Waals surface area contributed by atoms with Gasteiger partial charge < -0.3 is 15.7 Å². The largest absolute Gasteiger partial charge is 0.416 e. The number of aromatic nitrogens is 1. The molecule has 0 aliphatic rings. The highest BCUT2D eigenvalue weighted by Crippen LogP contribution is 2.33. The Labute approximate surface area is 122 Å². The molecular weight excluding hydrogens is 283 g/mol. The summed E-state index contributed by atoms with van der Waals surface area (Å²) in [5.41, 5.74) is -2.78. The normalized spacial score (nSPS) is 13.2. The van der Waals surface area contributed by atoms with E-state index in [0.29, 0.717) is 6.54 Å². The highest BCUT2D eigenvalue weighted by atomic mass is 19.4. The fourth-order valence-electron chi connectivity index (χ4n) is 1.50. The van der Waals surface area contributed by atoms with Gasteiger partial charge in [0.25, 0.3) is 0 Å². The quantitative estimate of drug-likeness (QED) is 0.779. The minimum Gasteiger partial charge on any atom is -0.388 e. The Balaban J connectivity index is 3.21. The van der Waals surface area contributed by atoms with Crippen LogP contribution in [0, 0.1) is 0 Å². The molecule has 120 valence electrons. The predicted molar refractivity (Wildman–Crippen MR) is 77.4 cm³/mol. The van der Waals surface area contributed by atoms with Crippen molar-refractivity contribution in [2.45, 2.75) is 51.9 Å². The van der Waals surface area contributed by atoms with Crippen LogP contribution in [0.5, 0.6) is 0 Å². The Morgan fingerprint density at radius 1 is 1.10 bits per heavy atom. The second kappa shape index (κ2) is 5.71. The van der Waals surface area contributed by atoms with E-state index in [1.807, 2.05) is 0 Å². The van der Waals surface area contributed by atoms with Crippen LogP contribution in [0.15, 0.2) is 12.1 Å². The zero-order valence-corrected chi connectivity index (χ0v) is 12.9. The van der Waals surface area contributed by atoms with E-state index in [1.165, 1.54) is 0 Å². The molecule has 7 heteroatoms. The Kier molecular flexibility index (Phi) is 4.77. The Hall–Kier alpha value is -1.50. The molecule has 4 nitrogen and oxygen atoms in total. The third kappa shape index (κ3) is 4.49. The lowest BCUT2D eigenvalue weighted by molar-refractivity contribution is -0.137. The van der Waals surface area contributed by atoms with Crippen molar-refractivity contribution in [3.63, 3.8) is 0 Å². The maximum absolute atomic E-state index is 12.9. The van der Waals surface area contributed by atoms with Crippen molar-refractivity contribution in [1.29, 1.82) is 0 Å². The number of hydrogen-bond acceptors (Lipinski definition) is 4. The van der Waals surface area contributed by atoms with Gasteiger partial charge in [0, 0.05) is 6.54 Å². The summed E-state index contributed by atoms with van der Waals surface area (Å²) in [5.74, 6) is 0.203. The van der Waals surface area contributed by atoms with Crippen LogP contribution in [0.2, 0.25) is 0 Å². The first-order chi connectivity index (χ1) is 9.37. The van der Waals surface area contributed by atoms with Crippen molar-refractivity contribution in [3.8, 4) is 0 Å². The topological polar surface area (TPSA) is 57.2 Å². The summed E-state index contributed by atoms with van der Waals surface area (Å²) in [7, 11) is 0. The van der Waals surface area contributed by atoms with Crippen molar-refractivity contribution in [3.05, 3.63) is 17.7 Å². The Morgan fingerprint density at radius 3 is 2.05 bits per heavy atom. The van der Waals surface area contributed by atoms with Crippen molar-refractivity contribution >= 4 is 11.6 Å². The van der Waals surface area contributed by atoms with E-state index in [2.05, 4.69) is 15.6 Å². The van der Waals surface area contributed by atoms with E-state index in [1.54, 1.807) is 34.6 Å². The van der Waals surface area contributed by atoms with Crippen LogP contribution in [-0.4, -0.2) is 27.8 Å². The molecule has 1 heterocycles. The van der Waals surface area contributed by atoms with Gasteiger partial charge in [-0.05, 0) is 46.8 Å². The predicted octanol–water partition coefficient (Wildman–Crippen LogP) is 3.49. The molecule has 1 aromatic heterocycles. The first-order valence-electron chi connectivity index (χ1n) is 6.70. The average molecular weight is 305 g/mol. The highest BCUT2D eigenvalue weighted by Gasteiger charge is 2.36. The smallest absolute Gasteiger partial charge is 0.388 e. The van der Waals surface area contributed by atoms with Crippen LogP contribution in [-0.2, 0) is 6.18 Å². The molecule has 0 atom stereocenters. The summed E-state index contributed by atoms with van der Waals surface area (Å²) >= 11 is 0. The zero-order valence-electron chi connectivity index (χ0n) is 12.9. The number of anilines is 2. The average Bonchev–Trinajstić information content (AvgIpc) is 2.25. The van der Waals surface area contributed by atoms with E-state index in [9.17, 15) is 18.3 Å². The molecule has 0 unspecified atom stereocenters. The molecule has 0 aliphatic heterocycles. The van der Waals surface area contributed by atoms with Gasteiger partial charge in [0.05, 0.1) is 16.7 Å². The molecule has 1 aromatic rings. The molecule has 0 bridgehead atoms. The third-order valence-electron chi connectivity index (χ3n) is 3.48. The molecule has 0 aliphatic carbocycles. The fourth-order valence-corrected chi connectivity index (χ4v) is 1.50. The lowest BCUT2D eigenvalue weighted by Gasteiger charge is -2.38. The summed E-state index contributed by atoms with van der Waals surface area (Å²) in [6.07, 6.45) is -4.46. The highest BCUT2D eigenvalue weighted by molar-refractivity contribution is 5.51. The molecule has 1 rings (SSSR count). The van der Waals surface area contributed by atoms with Crippen LogP contribution in [0.1, 0.15) is 40.2 Å². The second-order valence-electron chi connectivity index (χ2n) is 5.96. The minimum absolute atomic E-state index is 0.0629. The van der Waals surface area contributed by atoms with E-state index in [4.69, 9.17) is 0 Å². The van der Waals surface area contributed by atoms with Crippen LogP contribution >= 0.6 is 0 Å². The van der Waals surface area contributed by atoms with Gasteiger partial charge in [-0.1, -0.05) is 0 Å². The molecule has 0 fully saturated rings. The van der Waals surface area contributed by atoms with E-state index in [-0.39, 0.29) is 11.6 Å². The van der Waals surface area contributed by atoms with Gasteiger partial charge >= 0.3 is 6.18 Å². The summed E-state index contributed by atoms with van der Waals surface area (Å²) in [6, 6.07) is 1.90. The number of halogens is 3. The number of alkyl halides is 3. The Morgan fingerprint density at radius 2 is 1.62 bits per heavy atom. The molecule has 21 heavy (non-hydrogen) atoms. The summed E-state index contributed by atoms with van der Waals surface area (Å²) in [5, 5.41) is 15.7. The van der Waals surface area contributed by atoms with Gasteiger partial charge in [-0.3, -0.25) is 0 Å². The lowest BCUT2D eigenvalue weighted by Crippen LogP contribution is -2.51. The standard InChI is InChI=1S/C14H22F3N3O/c1-6-18-10-7-9(14(15,16)17)8-11(19-10)20-12(2,3)13(4,5)21/h7-8,21H,6H2,1-5H3,(H2,18,19,20). The Bertz CT molecular complexity index is 493. The molecular formula is C14H22F3N3O.